The second kappa shape index (κ2) is 12.7. The highest BCUT2D eigenvalue weighted by atomic mass is 127. The molecule has 0 aliphatic carbocycles. The van der Waals surface area contributed by atoms with Crippen LogP contribution in [-0.2, 0) is 19.6 Å². The average Bonchev–Trinajstić information content (AvgIpc) is 2.72. The standard InChI is InChI=1S/C23H32N4O.HI/c1-2-24-23(26-17-21-7-6-8-22(28)15-21)25-16-19-9-11-20(12-10-19)18-27-13-4-3-5-14-27;/h6-12,15,28H,2-5,13-14,16-18H2,1H3,(H2,24,25,26);1H. The van der Waals surface area contributed by atoms with E-state index in [0.717, 1.165) is 31.2 Å². The van der Waals surface area contributed by atoms with Crippen LogP contribution in [0.1, 0.15) is 42.9 Å². The fourth-order valence-corrected chi connectivity index (χ4v) is 3.49. The number of piperidine rings is 1. The third kappa shape index (κ3) is 8.22. The fourth-order valence-electron chi connectivity index (χ4n) is 3.49. The Balaban J connectivity index is 0.00000300. The number of guanidine groups is 1. The molecule has 0 unspecified atom stereocenters. The van der Waals surface area contributed by atoms with Crippen LogP contribution in [0.5, 0.6) is 5.75 Å². The van der Waals surface area contributed by atoms with Gasteiger partial charge in [-0.15, -0.1) is 24.0 Å². The Bertz CT molecular complexity index is 758. The Morgan fingerprint density at radius 1 is 0.966 bits per heavy atom. The highest BCUT2D eigenvalue weighted by Gasteiger charge is 2.10. The van der Waals surface area contributed by atoms with Crippen molar-refractivity contribution in [3.8, 4) is 5.75 Å². The molecule has 3 N–H and O–H groups in total. The molecule has 0 aromatic heterocycles. The third-order valence-electron chi connectivity index (χ3n) is 5.01. The minimum absolute atomic E-state index is 0. The normalized spacial score (nSPS) is 14.9. The lowest BCUT2D eigenvalue weighted by Gasteiger charge is -2.26. The van der Waals surface area contributed by atoms with Gasteiger partial charge in [-0.1, -0.05) is 42.8 Å². The minimum atomic E-state index is 0. The molecule has 29 heavy (non-hydrogen) atoms. The van der Waals surface area contributed by atoms with Crippen molar-refractivity contribution in [2.75, 3.05) is 19.6 Å². The molecule has 0 saturated carbocycles. The summed E-state index contributed by atoms with van der Waals surface area (Å²) in [7, 11) is 0. The summed E-state index contributed by atoms with van der Waals surface area (Å²) in [5.41, 5.74) is 3.61. The Labute approximate surface area is 191 Å². The maximum Gasteiger partial charge on any atom is 0.191 e. The first-order chi connectivity index (χ1) is 13.7. The number of hydrogen-bond donors (Lipinski definition) is 3. The van der Waals surface area contributed by atoms with E-state index in [4.69, 9.17) is 0 Å². The summed E-state index contributed by atoms with van der Waals surface area (Å²) in [6.45, 7) is 7.63. The molecule has 0 bridgehead atoms. The molecule has 1 aliphatic heterocycles. The molecule has 1 fully saturated rings. The number of hydrogen-bond acceptors (Lipinski definition) is 3. The molecule has 158 valence electrons. The largest absolute Gasteiger partial charge is 0.508 e. The summed E-state index contributed by atoms with van der Waals surface area (Å²) in [4.78, 5) is 7.16. The van der Waals surface area contributed by atoms with E-state index in [1.807, 2.05) is 12.1 Å². The first-order valence-corrected chi connectivity index (χ1v) is 10.3. The molecule has 0 atom stereocenters. The molecule has 2 aromatic carbocycles. The lowest BCUT2D eigenvalue weighted by Crippen LogP contribution is -2.36. The van der Waals surface area contributed by atoms with Crippen molar-refractivity contribution in [3.05, 3.63) is 65.2 Å². The number of nitrogens with zero attached hydrogens (tertiary/aromatic N) is 2. The van der Waals surface area contributed by atoms with Gasteiger partial charge in [0.05, 0.1) is 6.54 Å². The molecule has 1 heterocycles. The molecular formula is C23H33IN4O. The van der Waals surface area contributed by atoms with E-state index in [1.165, 1.54) is 43.5 Å². The number of benzene rings is 2. The van der Waals surface area contributed by atoms with Crippen molar-refractivity contribution in [2.24, 2.45) is 4.99 Å². The SMILES string of the molecule is CCNC(=NCc1cccc(O)c1)NCc1ccc(CN2CCCCC2)cc1.I. The molecule has 3 rings (SSSR count). The number of phenols is 1. The van der Waals surface area contributed by atoms with E-state index in [9.17, 15) is 5.11 Å². The van der Waals surface area contributed by atoms with Crippen molar-refractivity contribution < 1.29 is 5.11 Å². The topological polar surface area (TPSA) is 59.9 Å². The monoisotopic (exact) mass is 508 g/mol. The van der Waals surface area contributed by atoms with Crippen LogP contribution in [0.4, 0.5) is 0 Å². The van der Waals surface area contributed by atoms with E-state index < -0.39 is 0 Å². The van der Waals surface area contributed by atoms with Crippen molar-refractivity contribution in [1.82, 2.24) is 15.5 Å². The number of likely N-dealkylation sites (tertiary alicyclic amines) is 1. The molecular weight excluding hydrogens is 475 g/mol. The summed E-state index contributed by atoms with van der Waals surface area (Å²) in [6.07, 6.45) is 4.04. The number of rotatable bonds is 7. The maximum absolute atomic E-state index is 9.58. The lowest BCUT2D eigenvalue weighted by molar-refractivity contribution is 0.221. The van der Waals surface area contributed by atoms with Crippen LogP contribution in [0.2, 0.25) is 0 Å². The quantitative estimate of drug-likeness (QED) is 0.298. The maximum atomic E-state index is 9.58. The summed E-state index contributed by atoms with van der Waals surface area (Å²) in [6, 6.07) is 16.1. The number of halogens is 1. The van der Waals surface area contributed by atoms with E-state index in [2.05, 4.69) is 51.7 Å². The molecule has 5 nitrogen and oxygen atoms in total. The smallest absolute Gasteiger partial charge is 0.191 e. The minimum Gasteiger partial charge on any atom is -0.508 e. The van der Waals surface area contributed by atoms with Gasteiger partial charge >= 0.3 is 0 Å². The second-order valence-electron chi connectivity index (χ2n) is 7.37. The first-order valence-electron chi connectivity index (χ1n) is 10.3. The molecule has 6 heteroatoms. The van der Waals surface area contributed by atoms with Gasteiger partial charge < -0.3 is 15.7 Å². The summed E-state index contributed by atoms with van der Waals surface area (Å²) in [5, 5.41) is 16.2. The van der Waals surface area contributed by atoms with Crippen LogP contribution in [0.25, 0.3) is 0 Å². The summed E-state index contributed by atoms with van der Waals surface area (Å²) in [5.74, 6) is 1.05. The first kappa shape index (κ1) is 23.5. The lowest BCUT2D eigenvalue weighted by atomic mass is 10.1. The molecule has 0 spiro atoms. The highest BCUT2D eigenvalue weighted by Crippen LogP contribution is 2.14. The molecule has 2 aromatic rings. The van der Waals surface area contributed by atoms with Crippen LogP contribution >= 0.6 is 24.0 Å². The van der Waals surface area contributed by atoms with Gasteiger partial charge in [-0.25, -0.2) is 4.99 Å². The number of aromatic hydroxyl groups is 1. The van der Waals surface area contributed by atoms with E-state index in [-0.39, 0.29) is 29.7 Å². The van der Waals surface area contributed by atoms with Gasteiger partial charge in [0.1, 0.15) is 5.75 Å². The highest BCUT2D eigenvalue weighted by molar-refractivity contribution is 14.0. The van der Waals surface area contributed by atoms with Crippen molar-refractivity contribution >= 4 is 29.9 Å². The molecule has 0 amide bonds. The van der Waals surface area contributed by atoms with Crippen LogP contribution in [0.15, 0.2) is 53.5 Å². The van der Waals surface area contributed by atoms with Gasteiger partial charge in [-0.3, -0.25) is 4.90 Å². The second-order valence-corrected chi connectivity index (χ2v) is 7.37. The van der Waals surface area contributed by atoms with E-state index in [0.29, 0.717) is 6.54 Å². The Morgan fingerprint density at radius 2 is 1.69 bits per heavy atom. The van der Waals surface area contributed by atoms with Gasteiger partial charge in [0.2, 0.25) is 0 Å². The van der Waals surface area contributed by atoms with Gasteiger partial charge in [-0.05, 0) is 61.7 Å². The zero-order chi connectivity index (χ0) is 19.6. The Morgan fingerprint density at radius 3 is 2.38 bits per heavy atom. The Hall–Kier alpha value is -1.80. The number of phenolic OH excluding ortho intramolecular Hbond substituents is 1. The van der Waals surface area contributed by atoms with Gasteiger partial charge in [0.15, 0.2) is 5.96 Å². The predicted molar refractivity (Wildman–Crippen MR) is 131 cm³/mol. The molecule has 1 saturated heterocycles. The van der Waals surface area contributed by atoms with Crippen LogP contribution in [0, 0.1) is 0 Å². The van der Waals surface area contributed by atoms with E-state index >= 15 is 0 Å². The van der Waals surface area contributed by atoms with Gasteiger partial charge in [0.25, 0.3) is 0 Å². The zero-order valence-corrected chi connectivity index (χ0v) is 19.6. The predicted octanol–water partition coefficient (Wildman–Crippen LogP) is 4.25. The number of aliphatic imine (C=N–C) groups is 1. The number of nitrogens with one attached hydrogen (secondary N) is 2. The van der Waals surface area contributed by atoms with Gasteiger partial charge in [0, 0.05) is 19.6 Å². The average molecular weight is 508 g/mol. The Kier molecular flexibility index (Phi) is 10.3. The summed E-state index contributed by atoms with van der Waals surface area (Å²) < 4.78 is 0. The summed E-state index contributed by atoms with van der Waals surface area (Å²) >= 11 is 0. The fraction of sp³-hybridized carbons (Fsp3) is 0.435. The van der Waals surface area contributed by atoms with Crippen LogP contribution < -0.4 is 10.6 Å². The molecule has 1 aliphatic rings. The van der Waals surface area contributed by atoms with E-state index in [1.54, 1.807) is 12.1 Å². The van der Waals surface area contributed by atoms with Crippen LogP contribution in [0.3, 0.4) is 0 Å². The third-order valence-corrected chi connectivity index (χ3v) is 5.01. The van der Waals surface area contributed by atoms with Crippen molar-refractivity contribution in [1.29, 1.82) is 0 Å². The van der Waals surface area contributed by atoms with Gasteiger partial charge in [-0.2, -0.15) is 0 Å². The zero-order valence-electron chi connectivity index (χ0n) is 17.2. The molecule has 0 radical (unpaired) electrons. The van der Waals surface area contributed by atoms with Crippen molar-refractivity contribution in [2.45, 2.75) is 45.8 Å². The van der Waals surface area contributed by atoms with Crippen molar-refractivity contribution in [3.63, 3.8) is 0 Å². The van der Waals surface area contributed by atoms with Crippen LogP contribution in [-0.4, -0.2) is 35.6 Å².